The molecule has 0 aromatic rings. The standard InChI is InChI=1S/C11H21N3O2/c1-5-6-7-9(4)13-14-11(16)10(15)12-8(2)3/h8H,5-7H2,1-4H3,(H,12,15)(H,14,16)/b13-9+. The quantitative estimate of drug-likeness (QED) is 0.421. The number of rotatable bonds is 5. The van der Waals surface area contributed by atoms with Crippen LogP contribution in [0.25, 0.3) is 0 Å². The summed E-state index contributed by atoms with van der Waals surface area (Å²) >= 11 is 0. The molecule has 0 heterocycles. The molecule has 0 aliphatic carbocycles. The number of hydrogen-bond acceptors (Lipinski definition) is 3. The second-order valence-electron chi connectivity index (χ2n) is 4.02. The van der Waals surface area contributed by atoms with E-state index in [1.54, 1.807) is 13.8 Å². The van der Waals surface area contributed by atoms with Gasteiger partial charge in [0, 0.05) is 11.8 Å². The molecule has 5 heteroatoms. The Hall–Kier alpha value is -1.39. The Morgan fingerprint density at radius 2 is 1.88 bits per heavy atom. The Balaban J connectivity index is 4.00. The fourth-order valence-corrected chi connectivity index (χ4v) is 1.01. The zero-order valence-corrected chi connectivity index (χ0v) is 10.5. The van der Waals surface area contributed by atoms with Gasteiger partial charge in [-0.1, -0.05) is 13.3 Å². The molecule has 2 N–H and O–H groups in total. The molecule has 0 aromatic carbocycles. The SMILES string of the molecule is CCCC/C(C)=N/NC(=O)C(=O)NC(C)C. The van der Waals surface area contributed by atoms with E-state index >= 15 is 0 Å². The molecule has 0 bridgehead atoms. The van der Waals surface area contributed by atoms with E-state index in [4.69, 9.17) is 0 Å². The first-order valence-electron chi connectivity index (χ1n) is 5.61. The first-order valence-corrected chi connectivity index (χ1v) is 5.61. The largest absolute Gasteiger partial charge is 0.346 e. The third-order valence-electron chi connectivity index (χ3n) is 1.87. The summed E-state index contributed by atoms with van der Waals surface area (Å²) < 4.78 is 0. The first kappa shape index (κ1) is 14.6. The maximum Gasteiger partial charge on any atom is 0.329 e. The number of carbonyl (C=O) groups excluding carboxylic acids is 2. The molecule has 0 aliphatic rings. The van der Waals surface area contributed by atoms with Crippen LogP contribution < -0.4 is 10.7 Å². The molecule has 92 valence electrons. The average molecular weight is 227 g/mol. The molecular formula is C11H21N3O2. The van der Waals surface area contributed by atoms with Crippen LogP contribution in [0.4, 0.5) is 0 Å². The number of hydrogen-bond donors (Lipinski definition) is 2. The summed E-state index contributed by atoms with van der Waals surface area (Å²) in [6.45, 7) is 7.50. The van der Waals surface area contributed by atoms with Crippen molar-refractivity contribution in [2.24, 2.45) is 5.10 Å². The lowest BCUT2D eigenvalue weighted by atomic mass is 10.2. The Bertz CT molecular complexity index is 272. The van der Waals surface area contributed by atoms with Crippen LogP contribution in [-0.4, -0.2) is 23.6 Å². The Labute approximate surface area is 96.7 Å². The fraction of sp³-hybridized carbons (Fsp3) is 0.727. The van der Waals surface area contributed by atoms with Gasteiger partial charge < -0.3 is 5.32 Å². The van der Waals surface area contributed by atoms with Crippen LogP contribution in [0.3, 0.4) is 0 Å². The highest BCUT2D eigenvalue weighted by atomic mass is 16.2. The van der Waals surface area contributed by atoms with Crippen molar-refractivity contribution in [3.63, 3.8) is 0 Å². The Morgan fingerprint density at radius 3 is 2.38 bits per heavy atom. The van der Waals surface area contributed by atoms with E-state index in [2.05, 4.69) is 22.8 Å². The van der Waals surface area contributed by atoms with Crippen molar-refractivity contribution in [2.75, 3.05) is 0 Å². The van der Waals surface area contributed by atoms with Gasteiger partial charge in [0.1, 0.15) is 0 Å². The number of nitrogens with zero attached hydrogens (tertiary/aromatic N) is 1. The zero-order chi connectivity index (χ0) is 12.6. The van der Waals surface area contributed by atoms with Crippen molar-refractivity contribution < 1.29 is 9.59 Å². The second-order valence-corrected chi connectivity index (χ2v) is 4.02. The molecule has 0 aromatic heterocycles. The van der Waals surface area contributed by atoms with E-state index in [1.165, 1.54) is 0 Å². The van der Waals surface area contributed by atoms with Crippen LogP contribution in [0, 0.1) is 0 Å². The van der Waals surface area contributed by atoms with Gasteiger partial charge >= 0.3 is 11.8 Å². The van der Waals surface area contributed by atoms with Crippen LogP contribution in [0.2, 0.25) is 0 Å². The molecule has 0 fully saturated rings. The van der Waals surface area contributed by atoms with Crippen molar-refractivity contribution in [3.05, 3.63) is 0 Å². The molecule has 0 unspecified atom stereocenters. The summed E-state index contributed by atoms with van der Waals surface area (Å²) in [6, 6.07) is -0.0524. The molecule has 2 amide bonds. The number of nitrogens with one attached hydrogen (secondary N) is 2. The van der Waals surface area contributed by atoms with Gasteiger partial charge in [0.25, 0.3) is 0 Å². The van der Waals surface area contributed by atoms with Crippen molar-refractivity contribution in [3.8, 4) is 0 Å². The van der Waals surface area contributed by atoms with E-state index < -0.39 is 11.8 Å². The molecule has 0 rings (SSSR count). The van der Waals surface area contributed by atoms with E-state index in [9.17, 15) is 9.59 Å². The fourth-order valence-electron chi connectivity index (χ4n) is 1.01. The lowest BCUT2D eigenvalue weighted by Crippen LogP contribution is -2.41. The number of hydrazone groups is 1. The van der Waals surface area contributed by atoms with E-state index in [0.717, 1.165) is 25.0 Å². The molecule has 0 spiro atoms. The van der Waals surface area contributed by atoms with E-state index in [0.29, 0.717) is 0 Å². The monoisotopic (exact) mass is 227 g/mol. The maximum atomic E-state index is 11.2. The smallest absolute Gasteiger partial charge is 0.329 e. The normalized spacial score (nSPS) is 11.4. The molecule has 16 heavy (non-hydrogen) atoms. The van der Waals surface area contributed by atoms with Gasteiger partial charge in [-0.2, -0.15) is 5.10 Å². The average Bonchev–Trinajstić information content (AvgIpc) is 2.21. The third kappa shape index (κ3) is 6.98. The minimum atomic E-state index is -0.718. The van der Waals surface area contributed by atoms with Crippen LogP contribution in [0.1, 0.15) is 47.0 Å². The zero-order valence-electron chi connectivity index (χ0n) is 10.5. The minimum Gasteiger partial charge on any atom is -0.346 e. The summed E-state index contributed by atoms with van der Waals surface area (Å²) in [6.07, 6.45) is 2.95. The van der Waals surface area contributed by atoms with E-state index in [1.807, 2.05) is 6.92 Å². The van der Waals surface area contributed by atoms with Gasteiger partial charge in [-0.05, 0) is 33.6 Å². The predicted octanol–water partition coefficient (Wildman–Crippen LogP) is 1.19. The van der Waals surface area contributed by atoms with Crippen LogP contribution in [-0.2, 0) is 9.59 Å². The molecule has 0 atom stereocenters. The summed E-state index contributed by atoms with van der Waals surface area (Å²) in [7, 11) is 0. The highest BCUT2D eigenvalue weighted by molar-refractivity contribution is 6.35. The lowest BCUT2D eigenvalue weighted by molar-refractivity contribution is -0.139. The van der Waals surface area contributed by atoms with Crippen LogP contribution in [0.5, 0.6) is 0 Å². The third-order valence-corrected chi connectivity index (χ3v) is 1.87. The summed E-state index contributed by atoms with van der Waals surface area (Å²) in [5.74, 6) is -1.37. The van der Waals surface area contributed by atoms with Crippen molar-refractivity contribution in [1.29, 1.82) is 0 Å². The Morgan fingerprint density at radius 1 is 1.25 bits per heavy atom. The highest BCUT2D eigenvalue weighted by Crippen LogP contribution is 1.95. The van der Waals surface area contributed by atoms with Gasteiger partial charge in [0.05, 0.1) is 0 Å². The first-order chi connectivity index (χ1) is 7.47. The topological polar surface area (TPSA) is 70.6 Å². The lowest BCUT2D eigenvalue weighted by Gasteiger charge is -2.06. The van der Waals surface area contributed by atoms with Crippen LogP contribution >= 0.6 is 0 Å². The summed E-state index contributed by atoms with van der Waals surface area (Å²) in [5, 5.41) is 6.34. The van der Waals surface area contributed by atoms with Gasteiger partial charge in [-0.3, -0.25) is 9.59 Å². The molecule has 0 radical (unpaired) electrons. The number of unbranched alkanes of at least 4 members (excludes halogenated alkanes) is 1. The number of carbonyl (C=O) groups is 2. The molecule has 0 saturated carbocycles. The summed E-state index contributed by atoms with van der Waals surface area (Å²) in [5.41, 5.74) is 3.06. The highest BCUT2D eigenvalue weighted by Gasteiger charge is 2.13. The van der Waals surface area contributed by atoms with Gasteiger partial charge in [0.2, 0.25) is 0 Å². The molecule has 0 aliphatic heterocycles. The molecule has 0 saturated heterocycles. The predicted molar refractivity (Wildman–Crippen MR) is 64.1 cm³/mol. The minimum absolute atomic E-state index is 0.0524. The van der Waals surface area contributed by atoms with Crippen molar-refractivity contribution >= 4 is 17.5 Å². The van der Waals surface area contributed by atoms with Crippen molar-refractivity contribution in [2.45, 2.75) is 53.0 Å². The summed E-state index contributed by atoms with van der Waals surface area (Å²) in [4.78, 5) is 22.4. The van der Waals surface area contributed by atoms with Gasteiger partial charge in [-0.25, -0.2) is 5.43 Å². The molecular weight excluding hydrogens is 206 g/mol. The number of amides is 2. The van der Waals surface area contributed by atoms with Gasteiger partial charge in [-0.15, -0.1) is 0 Å². The van der Waals surface area contributed by atoms with Gasteiger partial charge in [0.15, 0.2) is 0 Å². The van der Waals surface area contributed by atoms with Crippen molar-refractivity contribution in [1.82, 2.24) is 10.7 Å². The van der Waals surface area contributed by atoms with E-state index in [-0.39, 0.29) is 6.04 Å². The second kappa shape index (κ2) is 7.84. The van der Waals surface area contributed by atoms with Crippen LogP contribution in [0.15, 0.2) is 5.10 Å². The Kier molecular flexibility index (Phi) is 7.16. The molecule has 5 nitrogen and oxygen atoms in total. The maximum absolute atomic E-state index is 11.2.